The van der Waals surface area contributed by atoms with Crippen molar-refractivity contribution in [2.45, 2.75) is 0 Å². The lowest BCUT2D eigenvalue weighted by Crippen LogP contribution is -1.93. The zero-order valence-electron chi connectivity index (χ0n) is 6.13. The maximum Gasteiger partial charge on any atom is 0.211 e. The van der Waals surface area contributed by atoms with Crippen LogP contribution in [0.2, 0.25) is 0 Å². The number of hydrogen-bond donors (Lipinski definition) is 1. The van der Waals surface area contributed by atoms with Gasteiger partial charge in [-0.15, -0.1) is 0 Å². The molecule has 0 unspecified atom stereocenters. The first-order valence-electron chi connectivity index (χ1n) is 3.12. The molecule has 0 spiro atoms. The summed E-state index contributed by atoms with van der Waals surface area (Å²) in [6, 6.07) is 7.95. The molecule has 0 saturated heterocycles. The van der Waals surface area contributed by atoms with Crippen molar-refractivity contribution in [3.63, 3.8) is 0 Å². The average Bonchev–Trinajstić information content (AvgIpc) is 2.06. The van der Waals surface area contributed by atoms with Crippen molar-refractivity contribution in [1.82, 2.24) is 0 Å². The summed E-state index contributed by atoms with van der Waals surface area (Å²) < 4.78 is 4.89. The molecular formula is C8H8NO2. The molecule has 0 aliphatic rings. The van der Waals surface area contributed by atoms with E-state index in [1.165, 1.54) is 0 Å². The molecule has 0 aromatic heterocycles. The van der Waals surface area contributed by atoms with Crippen LogP contribution in [-0.2, 0) is 4.79 Å². The Morgan fingerprint density at radius 1 is 1.73 bits per heavy atom. The quantitative estimate of drug-likeness (QED) is 0.654. The standard InChI is InChI=1S/C8H8NO2/c1-11-8-4-2-3-7(5-8)9-6-10/h2-3,5-6H,1H3,(H,9,10). The van der Waals surface area contributed by atoms with E-state index < -0.39 is 0 Å². The summed E-state index contributed by atoms with van der Waals surface area (Å²) in [5.41, 5.74) is 0.704. The fourth-order valence-electron chi connectivity index (χ4n) is 0.720. The van der Waals surface area contributed by atoms with E-state index >= 15 is 0 Å². The summed E-state index contributed by atoms with van der Waals surface area (Å²) in [5.74, 6) is 0.608. The van der Waals surface area contributed by atoms with Gasteiger partial charge in [0, 0.05) is 17.8 Å². The van der Waals surface area contributed by atoms with Crippen LogP contribution in [0.3, 0.4) is 0 Å². The van der Waals surface area contributed by atoms with Crippen LogP contribution in [0.1, 0.15) is 0 Å². The molecule has 0 aliphatic carbocycles. The summed E-state index contributed by atoms with van der Waals surface area (Å²) in [5, 5.41) is 2.50. The maximum absolute atomic E-state index is 10.0. The van der Waals surface area contributed by atoms with Gasteiger partial charge in [-0.05, 0) is 12.1 Å². The molecule has 0 heterocycles. The minimum atomic E-state index is 0.608. The molecule has 0 bridgehead atoms. The molecule has 3 nitrogen and oxygen atoms in total. The van der Waals surface area contributed by atoms with Crippen molar-refractivity contribution in [2.75, 3.05) is 12.4 Å². The van der Waals surface area contributed by atoms with Gasteiger partial charge in [-0.25, -0.2) is 0 Å². The summed E-state index contributed by atoms with van der Waals surface area (Å²) in [6.07, 6.45) is 0.620. The highest BCUT2D eigenvalue weighted by Crippen LogP contribution is 2.14. The third-order valence-electron chi connectivity index (χ3n) is 1.22. The number of nitrogens with one attached hydrogen (secondary N) is 1. The topological polar surface area (TPSA) is 38.3 Å². The Balaban J connectivity index is 2.82. The lowest BCUT2D eigenvalue weighted by Gasteiger charge is -2.00. The van der Waals surface area contributed by atoms with Gasteiger partial charge >= 0.3 is 0 Å². The first kappa shape index (κ1) is 7.60. The van der Waals surface area contributed by atoms with Crippen LogP contribution in [-0.4, -0.2) is 13.5 Å². The average molecular weight is 150 g/mol. The number of benzene rings is 1. The zero-order valence-corrected chi connectivity index (χ0v) is 6.13. The summed E-state index contributed by atoms with van der Waals surface area (Å²) in [7, 11) is 1.55. The maximum atomic E-state index is 10.0. The molecule has 3 heteroatoms. The molecule has 0 atom stereocenters. The van der Waals surface area contributed by atoms with Gasteiger partial charge < -0.3 is 10.1 Å². The Morgan fingerprint density at radius 3 is 3.18 bits per heavy atom. The summed E-state index contributed by atoms with van der Waals surface area (Å²) in [6.45, 7) is 0. The first-order valence-corrected chi connectivity index (χ1v) is 3.12. The first-order chi connectivity index (χ1) is 5.36. The fraction of sp³-hybridized carbons (Fsp3) is 0.125. The minimum Gasteiger partial charge on any atom is -0.496 e. The van der Waals surface area contributed by atoms with E-state index in [1.807, 2.05) is 0 Å². The molecule has 1 amide bonds. The Bertz CT molecular complexity index is 248. The Labute approximate surface area is 65.0 Å². The Hall–Kier alpha value is -1.51. The van der Waals surface area contributed by atoms with E-state index in [0.717, 1.165) is 0 Å². The number of carbonyl (C=O) groups excluding carboxylic acids is 1. The van der Waals surface area contributed by atoms with Crippen LogP contribution < -0.4 is 10.1 Å². The van der Waals surface area contributed by atoms with E-state index in [0.29, 0.717) is 17.8 Å². The highest BCUT2D eigenvalue weighted by Gasteiger charge is 1.92. The van der Waals surface area contributed by atoms with Crippen LogP contribution in [0.4, 0.5) is 5.69 Å². The van der Waals surface area contributed by atoms with Gasteiger partial charge in [-0.2, -0.15) is 0 Å². The van der Waals surface area contributed by atoms with Crippen molar-refractivity contribution in [2.24, 2.45) is 0 Å². The fourth-order valence-corrected chi connectivity index (χ4v) is 0.720. The molecule has 0 saturated carbocycles. The molecule has 0 aliphatic heterocycles. The van der Waals surface area contributed by atoms with Crippen molar-refractivity contribution in [3.8, 4) is 5.75 Å². The molecule has 1 radical (unpaired) electrons. The molecule has 0 fully saturated rings. The highest BCUT2D eigenvalue weighted by atomic mass is 16.5. The van der Waals surface area contributed by atoms with E-state index in [2.05, 4.69) is 11.4 Å². The number of rotatable bonds is 3. The SMILES string of the molecule is COc1[c]ccc(NC=O)c1. The second kappa shape index (κ2) is 3.61. The number of ether oxygens (including phenoxy) is 1. The van der Waals surface area contributed by atoms with Crippen molar-refractivity contribution < 1.29 is 9.53 Å². The molecule has 1 rings (SSSR count). The number of anilines is 1. The molecule has 1 aromatic rings. The number of carbonyl (C=O) groups is 1. The Kier molecular flexibility index (Phi) is 2.49. The number of methoxy groups -OCH3 is 1. The summed E-state index contributed by atoms with van der Waals surface area (Å²) >= 11 is 0. The number of hydrogen-bond acceptors (Lipinski definition) is 2. The van der Waals surface area contributed by atoms with Crippen molar-refractivity contribution >= 4 is 12.1 Å². The van der Waals surface area contributed by atoms with Crippen LogP contribution in [0.5, 0.6) is 5.75 Å². The number of amides is 1. The van der Waals surface area contributed by atoms with Crippen LogP contribution >= 0.6 is 0 Å². The monoisotopic (exact) mass is 150 g/mol. The van der Waals surface area contributed by atoms with Gasteiger partial charge in [0.1, 0.15) is 5.75 Å². The van der Waals surface area contributed by atoms with Gasteiger partial charge in [0.05, 0.1) is 7.11 Å². The van der Waals surface area contributed by atoms with Crippen LogP contribution in [0, 0.1) is 6.07 Å². The third kappa shape index (κ3) is 1.97. The van der Waals surface area contributed by atoms with Gasteiger partial charge in [-0.1, -0.05) is 0 Å². The Morgan fingerprint density at radius 2 is 2.55 bits per heavy atom. The smallest absolute Gasteiger partial charge is 0.211 e. The molecule has 1 N–H and O–H groups in total. The lowest BCUT2D eigenvalue weighted by molar-refractivity contribution is -0.105. The highest BCUT2D eigenvalue weighted by molar-refractivity contribution is 5.71. The second-order valence-corrected chi connectivity index (χ2v) is 1.91. The van der Waals surface area contributed by atoms with E-state index in [1.54, 1.807) is 25.3 Å². The molecule has 57 valence electrons. The predicted molar refractivity (Wildman–Crippen MR) is 41.5 cm³/mol. The van der Waals surface area contributed by atoms with E-state index in [-0.39, 0.29) is 0 Å². The largest absolute Gasteiger partial charge is 0.496 e. The predicted octanol–water partition coefficient (Wildman–Crippen LogP) is 1.06. The second-order valence-electron chi connectivity index (χ2n) is 1.91. The van der Waals surface area contributed by atoms with Gasteiger partial charge in [-0.3, -0.25) is 4.79 Å². The summed E-state index contributed by atoms with van der Waals surface area (Å²) in [4.78, 5) is 10.0. The molecular weight excluding hydrogens is 142 g/mol. The third-order valence-corrected chi connectivity index (χ3v) is 1.22. The van der Waals surface area contributed by atoms with Gasteiger partial charge in [0.25, 0.3) is 0 Å². The van der Waals surface area contributed by atoms with Crippen molar-refractivity contribution in [3.05, 3.63) is 24.3 Å². The zero-order chi connectivity index (χ0) is 8.10. The minimum absolute atomic E-state index is 0.608. The normalized spacial score (nSPS) is 8.82. The van der Waals surface area contributed by atoms with E-state index in [4.69, 9.17) is 4.74 Å². The molecule has 11 heavy (non-hydrogen) atoms. The lowest BCUT2D eigenvalue weighted by atomic mass is 10.3. The van der Waals surface area contributed by atoms with Gasteiger partial charge in [0.15, 0.2) is 0 Å². The van der Waals surface area contributed by atoms with Crippen LogP contribution in [0.15, 0.2) is 18.2 Å². The molecule has 1 aromatic carbocycles. The van der Waals surface area contributed by atoms with E-state index in [9.17, 15) is 4.79 Å². The van der Waals surface area contributed by atoms with Crippen LogP contribution in [0.25, 0.3) is 0 Å². The van der Waals surface area contributed by atoms with Crippen molar-refractivity contribution in [1.29, 1.82) is 0 Å². The van der Waals surface area contributed by atoms with Gasteiger partial charge in [0.2, 0.25) is 6.41 Å².